The minimum Gasteiger partial charge on any atom is -0.329 e. The van der Waals surface area contributed by atoms with E-state index in [-0.39, 0.29) is 0 Å². The van der Waals surface area contributed by atoms with Crippen LogP contribution in [0.3, 0.4) is 0 Å². The van der Waals surface area contributed by atoms with Crippen LogP contribution in [0.1, 0.15) is 39.5 Å². The standard InChI is InChI=1S/C14H29N3/c1-12-6-4-5-7-14(12,11-15)17-9-8-16(3)10-13(17)2/h12-13H,4-11,15H2,1-3H3. The van der Waals surface area contributed by atoms with Crippen LogP contribution in [0, 0.1) is 5.92 Å². The zero-order chi connectivity index (χ0) is 12.5. The Labute approximate surface area is 106 Å². The third-order valence-corrected chi connectivity index (χ3v) is 5.17. The van der Waals surface area contributed by atoms with Gasteiger partial charge in [-0.05, 0) is 32.7 Å². The molecule has 0 aromatic carbocycles. The molecule has 2 fully saturated rings. The zero-order valence-corrected chi connectivity index (χ0v) is 11.8. The Hall–Kier alpha value is -0.120. The predicted molar refractivity (Wildman–Crippen MR) is 73.1 cm³/mol. The van der Waals surface area contributed by atoms with Gasteiger partial charge in [0.1, 0.15) is 0 Å². The lowest BCUT2D eigenvalue weighted by molar-refractivity contribution is -0.0458. The van der Waals surface area contributed by atoms with E-state index in [2.05, 4.69) is 30.7 Å². The molecule has 3 unspecified atom stereocenters. The number of hydrogen-bond donors (Lipinski definition) is 1. The average molecular weight is 239 g/mol. The molecule has 17 heavy (non-hydrogen) atoms. The van der Waals surface area contributed by atoms with Crippen LogP contribution in [0.5, 0.6) is 0 Å². The molecule has 0 aromatic rings. The van der Waals surface area contributed by atoms with Crippen LogP contribution < -0.4 is 5.73 Å². The molecule has 1 aliphatic carbocycles. The molecule has 0 radical (unpaired) electrons. The van der Waals surface area contributed by atoms with Gasteiger partial charge in [0.2, 0.25) is 0 Å². The molecule has 2 N–H and O–H groups in total. The van der Waals surface area contributed by atoms with E-state index in [4.69, 9.17) is 5.73 Å². The summed E-state index contributed by atoms with van der Waals surface area (Å²) in [5.74, 6) is 0.757. The van der Waals surface area contributed by atoms with Gasteiger partial charge in [-0.25, -0.2) is 0 Å². The Morgan fingerprint density at radius 1 is 1.24 bits per heavy atom. The molecule has 3 heteroatoms. The Balaban J connectivity index is 2.16. The second kappa shape index (κ2) is 5.25. The second-order valence-electron chi connectivity index (χ2n) is 6.26. The topological polar surface area (TPSA) is 32.5 Å². The first-order valence-corrected chi connectivity index (χ1v) is 7.25. The lowest BCUT2D eigenvalue weighted by atomic mass is 9.71. The van der Waals surface area contributed by atoms with Crippen molar-refractivity contribution < 1.29 is 0 Å². The van der Waals surface area contributed by atoms with Crippen LogP contribution in [0.2, 0.25) is 0 Å². The van der Waals surface area contributed by atoms with Crippen LogP contribution in [0.25, 0.3) is 0 Å². The van der Waals surface area contributed by atoms with E-state index in [9.17, 15) is 0 Å². The summed E-state index contributed by atoms with van der Waals surface area (Å²) in [6.07, 6.45) is 5.42. The Morgan fingerprint density at radius 3 is 2.59 bits per heavy atom. The number of nitrogens with two attached hydrogens (primary N) is 1. The third-order valence-electron chi connectivity index (χ3n) is 5.17. The molecule has 2 rings (SSSR count). The summed E-state index contributed by atoms with van der Waals surface area (Å²) in [7, 11) is 2.23. The fraction of sp³-hybridized carbons (Fsp3) is 1.00. The van der Waals surface area contributed by atoms with E-state index in [1.165, 1.54) is 45.3 Å². The summed E-state index contributed by atoms with van der Waals surface area (Å²) >= 11 is 0. The summed E-state index contributed by atoms with van der Waals surface area (Å²) in [5.41, 5.74) is 6.49. The highest BCUT2D eigenvalue weighted by Gasteiger charge is 2.44. The van der Waals surface area contributed by atoms with Gasteiger partial charge in [0, 0.05) is 37.8 Å². The van der Waals surface area contributed by atoms with Crippen molar-refractivity contribution >= 4 is 0 Å². The van der Waals surface area contributed by atoms with E-state index < -0.39 is 0 Å². The summed E-state index contributed by atoms with van der Waals surface area (Å²) in [5, 5.41) is 0. The van der Waals surface area contributed by atoms with Crippen molar-refractivity contribution in [2.24, 2.45) is 11.7 Å². The number of hydrogen-bond acceptors (Lipinski definition) is 3. The molecular weight excluding hydrogens is 210 g/mol. The number of likely N-dealkylation sites (N-methyl/N-ethyl adjacent to an activating group) is 1. The van der Waals surface area contributed by atoms with Crippen molar-refractivity contribution in [2.75, 3.05) is 33.2 Å². The second-order valence-corrected chi connectivity index (χ2v) is 6.26. The molecule has 100 valence electrons. The molecule has 0 aromatic heterocycles. The molecule has 1 heterocycles. The largest absolute Gasteiger partial charge is 0.329 e. The van der Waals surface area contributed by atoms with Crippen molar-refractivity contribution in [3.8, 4) is 0 Å². The van der Waals surface area contributed by atoms with E-state index in [1.54, 1.807) is 0 Å². The highest BCUT2D eigenvalue weighted by atomic mass is 15.3. The molecule has 2 aliphatic rings. The van der Waals surface area contributed by atoms with Gasteiger partial charge in [0.05, 0.1) is 0 Å². The molecule has 0 bridgehead atoms. The Morgan fingerprint density at radius 2 is 2.00 bits per heavy atom. The fourth-order valence-electron chi connectivity index (χ4n) is 4.05. The Kier molecular flexibility index (Phi) is 4.11. The average Bonchev–Trinajstić information content (AvgIpc) is 2.31. The third kappa shape index (κ3) is 2.38. The van der Waals surface area contributed by atoms with E-state index in [0.717, 1.165) is 12.5 Å². The van der Waals surface area contributed by atoms with Gasteiger partial charge in [-0.15, -0.1) is 0 Å². The molecule has 3 atom stereocenters. The highest BCUT2D eigenvalue weighted by molar-refractivity contribution is 5.01. The molecule has 0 spiro atoms. The summed E-state index contributed by atoms with van der Waals surface area (Å²) in [4.78, 5) is 5.18. The maximum absolute atomic E-state index is 6.20. The van der Waals surface area contributed by atoms with Gasteiger partial charge in [-0.2, -0.15) is 0 Å². The smallest absolute Gasteiger partial charge is 0.0361 e. The molecule has 0 amide bonds. The van der Waals surface area contributed by atoms with Crippen LogP contribution in [0.15, 0.2) is 0 Å². The monoisotopic (exact) mass is 239 g/mol. The zero-order valence-electron chi connectivity index (χ0n) is 11.8. The first-order valence-electron chi connectivity index (χ1n) is 7.25. The van der Waals surface area contributed by atoms with Crippen LogP contribution in [-0.4, -0.2) is 54.6 Å². The predicted octanol–water partition coefficient (Wildman–Crippen LogP) is 1.53. The number of nitrogens with zero attached hydrogens (tertiary/aromatic N) is 2. The lowest BCUT2D eigenvalue weighted by Gasteiger charge is -2.55. The van der Waals surface area contributed by atoms with Crippen molar-refractivity contribution in [3.05, 3.63) is 0 Å². The first kappa shape index (κ1) is 13.3. The van der Waals surface area contributed by atoms with Crippen LogP contribution in [0.4, 0.5) is 0 Å². The Bertz CT molecular complexity index is 256. The SMILES string of the molecule is CC1CN(C)CCN1C1(CN)CCCCC1C. The minimum atomic E-state index is 0.291. The van der Waals surface area contributed by atoms with Crippen molar-refractivity contribution in [2.45, 2.75) is 51.1 Å². The number of rotatable bonds is 2. The summed E-state index contributed by atoms with van der Waals surface area (Å²) < 4.78 is 0. The van der Waals surface area contributed by atoms with Gasteiger partial charge in [-0.3, -0.25) is 4.90 Å². The quantitative estimate of drug-likeness (QED) is 0.793. The summed E-state index contributed by atoms with van der Waals surface area (Å²) in [6, 6.07) is 0.651. The maximum Gasteiger partial charge on any atom is 0.0361 e. The van der Waals surface area contributed by atoms with Crippen LogP contribution in [-0.2, 0) is 0 Å². The molecule has 1 saturated heterocycles. The molecule has 1 saturated carbocycles. The minimum absolute atomic E-state index is 0.291. The van der Waals surface area contributed by atoms with E-state index in [0.29, 0.717) is 11.6 Å². The number of piperazine rings is 1. The van der Waals surface area contributed by atoms with Gasteiger partial charge in [0.15, 0.2) is 0 Å². The lowest BCUT2D eigenvalue weighted by Crippen LogP contribution is -2.66. The van der Waals surface area contributed by atoms with Crippen molar-refractivity contribution in [1.29, 1.82) is 0 Å². The summed E-state index contributed by atoms with van der Waals surface area (Å²) in [6.45, 7) is 9.19. The van der Waals surface area contributed by atoms with Gasteiger partial charge >= 0.3 is 0 Å². The van der Waals surface area contributed by atoms with Gasteiger partial charge < -0.3 is 10.6 Å². The van der Waals surface area contributed by atoms with Crippen molar-refractivity contribution in [3.63, 3.8) is 0 Å². The first-order chi connectivity index (χ1) is 8.10. The highest BCUT2D eigenvalue weighted by Crippen LogP contribution is 2.39. The van der Waals surface area contributed by atoms with E-state index in [1.807, 2.05) is 0 Å². The van der Waals surface area contributed by atoms with Crippen molar-refractivity contribution in [1.82, 2.24) is 9.80 Å². The van der Waals surface area contributed by atoms with Gasteiger partial charge in [0.25, 0.3) is 0 Å². The maximum atomic E-state index is 6.20. The molecular formula is C14H29N3. The van der Waals surface area contributed by atoms with E-state index >= 15 is 0 Å². The van der Waals surface area contributed by atoms with Crippen LogP contribution >= 0.6 is 0 Å². The fourth-order valence-corrected chi connectivity index (χ4v) is 4.05. The molecule has 1 aliphatic heterocycles. The molecule has 3 nitrogen and oxygen atoms in total. The normalized spacial score (nSPS) is 41.6. The van der Waals surface area contributed by atoms with Gasteiger partial charge in [-0.1, -0.05) is 19.8 Å².